The van der Waals surface area contributed by atoms with Crippen molar-refractivity contribution in [1.82, 2.24) is 15.2 Å². The monoisotopic (exact) mass is 284 g/mol. The highest BCUT2D eigenvalue weighted by Crippen LogP contribution is 2.35. The average molecular weight is 284 g/mol. The van der Waals surface area contributed by atoms with Gasteiger partial charge in [0.05, 0.1) is 18.4 Å². The van der Waals surface area contributed by atoms with Crippen molar-refractivity contribution in [3.05, 3.63) is 48.5 Å². The Labute approximate surface area is 120 Å². The van der Waals surface area contributed by atoms with Crippen molar-refractivity contribution in [2.75, 3.05) is 12.8 Å². The van der Waals surface area contributed by atoms with E-state index in [1.54, 1.807) is 30.6 Å². The Balaban J connectivity index is 2.14. The zero-order valence-corrected chi connectivity index (χ0v) is 11.3. The predicted octanol–water partition coefficient (Wildman–Crippen LogP) is 2.87. The molecule has 0 amide bonds. The lowest BCUT2D eigenvalue weighted by Crippen LogP contribution is -1.91. The fraction of sp³-hybridized carbons (Fsp3) is 0.0667. The van der Waals surface area contributed by atoms with Crippen LogP contribution in [-0.2, 0) is 0 Å². The van der Waals surface area contributed by atoms with Crippen LogP contribution >= 0.6 is 0 Å². The molecule has 3 aromatic rings. The smallest absolute Gasteiger partial charge is 0.165 e. The van der Waals surface area contributed by atoms with Gasteiger partial charge in [0.1, 0.15) is 0 Å². The Morgan fingerprint density at radius 2 is 2.10 bits per heavy atom. The van der Waals surface area contributed by atoms with Crippen LogP contribution in [0, 0.1) is 5.82 Å². The highest BCUT2D eigenvalue weighted by atomic mass is 19.1. The van der Waals surface area contributed by atoms with Gasteiger partial charge in [0.2, 0.25) is 0 Å². The number of pyridine rings is 1. The topological polar surface area (TPSA) is 76.8 Å². The molecule has 1 aromatic carbocycles. The molecule has 5 nitrogen and oxygen atoms in total. The molecule has 0 aliphatic heterocycles. The Kier molecular flexibility index (Phi) is 3.27. The Bertz CT molecular complexity index is 771. The van der Waals surface area contributed by atoms with Gasteiger partial charge in [-0.15, -0.1) is 0 Å². The average Bonchev–Trinajstić information content (AvgIpc) is 2.90. The number of anilines is 1. The molecule has 0 radical (unpaired) electrons. The molecule has 0 fully saturated rings. The van der Waals surface area contributed by atoms with E-state index >= 15 is 0 Å². The summed E-state index contributed by atoms with van der Waals surface area (Å²) in [7, 11) is 1.42. The van der Waals surface area contributed by atoms with Crippen molar-refractivity contribution < 1.29 is 9.13 Å². The van der Waals surface area contributed by atoms with Crippen molar-refractivity contribution in [2.24, 2.45) is 0 Å². The standard InChI is InChI=1S/C15H13FN4O/c1-21-12-5-4-9(7-11(12)16)14-13(15(17)20-19-14)10-3-2-6-18-8-10/h2-8H,1H3,(H3,17,19,20). The number of nitrogens with zero attached hydrogens (tertiary/aromatic N) is 2. The van der Waals surface area contributed by atoms with Crippen molar-refractivity contribution in [2.45, 2.75) is 0 Å². The van der Waals surface area contributed by atoms with Crippen LogP contribution in [0.1, 0.15) is 0 Å². The number of hydrogen-bond acceptors (Lipinski definition) is 4. The first-order chi connectivity index (χ1) is 10.2. The minimum atomic E-state index is -0.444. The Morgan fingerprint density at radius 3 is 2.76 bits per heavy atom. The minimum Gasteiger partial charge on any atom is -0.494 e. The van der Waals surface area contributed by atoms with Crippen molar-refractivity contribution in [3.63, 3.8) is 0 Å². The highest BCUT2D eigenvalue weighted by molar-refractivity contribution is 5.87. The summed E-state index contributed by atoms with van der Waals surface area (Å²) >= 11 is 0. The van der Waals surface area contributed by atoms with Gasteiger partial charge in [0.15, 0.2) is 17.4 Å². The molecule has 21 heavy (non-hydrogen) atoms. The predicted molar refractivity (Wildman–Crippen MR) is 78.2 cm³/mol. The van der Waals surface area contributed by atoms with Crippen LogP contribution in [0.5, 0.6) is 5.75 Å². The number of nitrogen functional groups attached to an aromatic ring is 1. The quantitative estimate of drug-likeness (QED) is 0.775. The number of halogens is 1. The van der Waals surface area contributed by atoms with Crippen LogP contribution in [0.4, 0.5) is 10.2 Å². The molecule has 0 saturated carbocycles. The molecule has 0 saturated heterocycles. The second-order valence-electron chi connectivity index (χ2n) is 4.45. The molecule has 0 aliphatic rings. The lowest BCUT2D eigenvalue weighted by molar-refractivity contribution is 0.386. The number of methoxy groups -OCH3 is 1. The molecule has 106 valence electrons. The molecule has 0 bridgehead atoms. The second kappa shape index (κ2) is 5.24. The van der Waals surface area contributed by atoms with Crippen LogP contribution < -0.4 is 10.5 Å². The molecule has 3 rings (SSSR count). The number of hydrogen-bond donors (Lipinski definition) is 2. The molecule has 0 spiro atoms. The van der Waals surface area contributed by atoms with Crippen molar-refractivity contribution in [3.8, 4) is 28.1 Å². The summed E-state index contributed by atoms with van der Waals surface area (Å²) in [5.74, 6) is 0.0868. The lowest BCUT2D eigenvalue weighted by atomic mass is 10.0. The van der Waals surface area contributed by atoms with Gasteiger partial charge in [0, 0.05) is 23.5 Å². The largest absolute Gasteiger partial charge is 0.494 e. The van der Waals surface area contributed by atoms with Gasteiger partial charge in [-0.25, -0.2) is 4.39 Å². The van der Waals surface area contributed by atoms with E-state index in [2.05, 4.69) is 15.2 Å². The van der Waals surface area contributed by atoms with E-state index in [4.69, 9.17) is 10.5 Å². The normalized spacial score (nSPS) is 10.6. The number of nitrogens with two attached hydrogens (primary N) is 1. The summed E-state index contributed by atoms with van der Waals surface area (Å²) in [4.78, 5) is 4.07. The molecule has 2 heterocycles. The third kappa shape index (κ3) is 2.31. The first kappa shape index (κ1) is 13.1. The number of aromatic amines is 1. The van der Waals surface area contributed by atoms with Crippen LogP contribution in [0.15, 0.2) is 42.7 Å². The van der Waals surface area contributed by atoms with Gasteiger partial charge < -0.3 is 10.5 Å². The fourth-order valence-corrected chi connectivity index (χ4v) is 2.19. The van der Waals surface area contributed by atoms with Gasteiger partial charge in [-0.3, -0.25) is 10.1 Å². The van der Waals surface area contributed by atoms with E-state index in [9.17, 15) is 4.39 Å². The maximum atomic E-state index is 13.9. The molecular formula is C15H13FN4O. The molecule has 2 aromatic heterocycles. The number of nitrogens with one attached hydrogen (secondary N) is 1. The number of benzene rings is 1. The number of rotatable bonds is 3. The van der Waals surface area contributed by atoms with Crippen LogP contribution in [0.25, 0.3) is 22.4 Å². The summed E-state index contributed by atoms with van der Waals surface area (Å²) in [6, 6.07) is 8.37. The molecular weight excluding hydrogens is 271 g/mol. The van der Waals surface area contributed by atoms with Crippen LogP contribution in [-0.4, -0.2) is 22.3 Å². The highest BCUT2D eigenvalue weighted by Gasteiger charge is 2.16. The maximum absolute atomic E-state index is 13.9. The molecule has 6 heteroatoms. The maximum Gasteiger partial charge on any atom is 0.165 e. The number of aromatic nitrogens is 3. The summed E-state index contributed by atoms with van der Waals surface area (Å²) in [6.45, 7) is 0. The first-order valence-electron chi connectivity index (χ1n) is 6.29. The zero-order valence-electron chi connectivity index (χ0n) is 11.3. The van der Waals surface area contributed by atoms with Gasteiger partial charge >= 0.3 is 0 Å². The molecule has 0 unspecified atom stereocenters. The van der Waals surface area contributed by atoms with Crippen molar-refractivity contribution >= 4 is 5.82 Å². The summed E-state index contributed by atoms with van der Waals surface area (Å²) < 4.78 is 18.8. The van der Waals surface area contributed by atoms with Crippen LogP contribution in [0.3, 0.4) is 0 Å². The van der Waals surface area contributed by atoms with E-state index in [-0.39, 0.29) is 5.75 Å². The van der Waals surface area contributed by atoms with E-state index in [1.165, 1.54) is 13.2 Å². The van der Waals surface area contributed by atoms with E-state index in [0.717, 1.165) is 5.56 Å². The van der Waals surface area contributed by atoms with Gasteiger partial charge in [-0.05, 0) is 24.3 Å². The van der Waals surface area contributed by atoms with E-state index < -0.39 is 5.82 Å². The summed E-state index contributed by atoms with van der Waals surface area (Å²) in [5.41, 5.74) is 8.71. The lowest BCUT2D eigenvalue weighted by Gasteiger charge is -2.06. The number of ether oxygens (including phenoxy) is 1. The third-order valence-electron chi connectivity index (χ3n) is 3.18. The number of H-pyrrole nitrogens is 1. The molecule has 3 N–H and O–H groups in total. The SMILES string of the molecule is COc1ccc(-c2[nH]nc(N)c2-c2cccnc2)cc1F. The third-order valence-corrected chi connectivity index (χ3v) is 3.18. The minimum absolute atomic E-state index is 0.189. The Hall–Kier alpha value is -2.89. The molecule has 0 aliphatic carbocycles. The van der Waals surface area contributed by atoms with E-state index in [0.29, 0.717) is 22.6 Å². The Morgan fingerprint density at radius 1 is 1.24 bits per heavy atom. The van der Waals surface area contributed by atoms with Gasteiger partial charge in [0.25, 0.3) is 0 Å². The van der Waals surface area contributed by atoms with Gasteiger partial charge in [-0.1, -0.05) is 6.07 Å². The fourth-order valence-electron chi connectivity index (χ4n) is 2.19. The van der Waals surface area contributed by atoms with Crippen molar-refractivity contribution in [1.29, 1.82) is 0 Å². The second-order valence-corrected chi connectivity index (χ2v) is 4.45. The zero-order chi connectivity index (χ0) is 14.8. The first-order valence-corrected chi connectivity index (χ1v) is 6.29. The van der Waals surface area contributed by atoms with E-state index in [1.807, 2.05) is 6.07 Å². The molecule has 0 atom stereocenters. The van der Waals surface area contributed by atoms with Gasteiger partial charge in [-0.2, -0.15) is 5.10 Å². The van der Waals surface area contributed by atoms with Crippen LogP contribution in [0.2, 0.25) is 0 Å². The summed E-state index contributed by atoms with van der Waals surface area (Å²) in [5, 5.41) is 6.86. The summed E-state index contributed by atoms with van der Waals surface area (Å²) in [6.07, 6.45) is 3.36.